The van der Waals surface area contributed by atoms with Gasteiger partial charge in [0.1, 0.15) is 12.6 Å². The van der Waals surface area contributed by atoms with Crippen molar-refractivity contribution in [2.75, 3.05) is 41.0 Å². The highest BCUT2D eigenvalue weighted by atomic mass is 16.6. The van der Waals surface area contributed by atoms with Crippen LogP contribution in [-0.4, -0.2) is 75.5 Å². The van der Waals surface area contributed by atoms with E-state index in [-0.39, 0.29) is 42.7 Å². The normalized spacial score (nSPS) is 13.6. The Hall–Kier alpha value is -3.23. The lowest BCUT2D eigenvalue weighted by Gasteiger charge is -2.34. The van der Waals surface area contributed by atoms with Crippen LogP contribution in [0.2, 0.25) is 0 Å². The molecule has 2 unspecified atom stereocenters. The number of nitrogens with zero attached hydrogens (tertiary/aromatic N) is 1. The van der Waals surface area contributed by atoms with Crippen molar-refractivity contribution in [2.24, 2.45) is 0 Å². The molecule has 0 bridgehead atoms. The van der Waals surface area contributed by atoms with Crippen LogP contribution in [0, 0.1) is 0 Å². The molecule has 0 heterocycles. The summed E-state index contributed by atoms with van der Waals surface area (Å²) in [4.78, 5) is 36.9. The number of ether oxygens (including phenoxy) is 3. The highest BCUT2D eigenvalue weighted by molar-refractivity contribution is 5.70. The molecule has 8 nitrogen and oxygen atoms in total. The van der Waals surface area contributed by atoms with Crippen molar-refractivity contribution in [2.45, 2.75) is 187 Å². The van der Waals surface area contributed by atoms with Gasteiger partial charge in [0.05, 0.1) is 40.3 Å². The Morgan fingerprint density at radius 3 is 1.34 bits per heavy atom. The number of carbonyl (C=O) groups excluding carboxylic acids is 3. The molecule has 332 valence electrons. The lowest BCUT2D eigenvalue weighted by molar-refractivity contribution is -0.889. The smallest absolute Gasteiger partial charge is 0.306 e. The number of aliphatic carboxylic acids is 1. The summed E-state index contributed by atoms with van der Waals surface area (Å²) in [6.07, 6.45) is 50.7. The molecule has 0 aliphatic rings. The Labute approximate surface area is 355 Å². The number of carboxylic acids is 1. The molecule has 0 saturated heterocycles. The second-order valence-corrected chi connectivity index (χ2v) is 16.2. The molecule has 2 atom stereocenters. The van der Waals surface area contributed by atoms with E-state index in [1.807, 2.05) is 0 Å². The van der Waals surface area contributed by atoms with Gasteiger partial charge in [-0.25, -0.2) is 0 Å². The number of unbranched alkanes of at least 4 members (excludes halogenated alkanes) is 14. The molecule has 0 radical (unpaired) electrons. The van der Waals surface area contributed by atoms with E-state index in [1.165, 1.54) is 38.5 Å². The zero-order chi connectivity index (χ0) is 42.8. The lowest BCUT2D eigenvalue weighted by atomic mass is 10.1. The molecule has 0 aromatic carbocycles. The van der Waals surface area contributed by atoms with Crippen molar-refractivity contribution in [3.8, 4) is 0 Å². The molecule has 0 rings (SSSR count). The zero-order valence-electron chi connectivity index (χ0n) is 37.7. The fourth-order valence-electron chi connectivity index (χ4n) is 6.33. The van der Waals surface area contributed by atoms with Gasteiger partial charge in [0.25, 0.3) is 0 Å². The summed E-state index contributed by atoms with van der Waals surface area (Å²) in [5.41, 5.74) is 0. The lowest BCUT2D eigenvalue weighted by Crippen LogP contribution is -2.55. The molecule has 0 aliphatic carbocycles. The molecule has 0 spiro atoms. The predicted molar refractivity (Wildman–Crippen MR) is 240 cm³/mol. The number of hydrogen-bond donors (Lipinski definition) is 0. The molecule has 0 N–H and O–H groups in total. The second-order valence-electron chi connectivity index (χ2n) is 16.2. The van der Waals surface area contributed by atoms with Crippen molar-refractivity contribution < 1.29 is 38.2 Å². The maximum atomic E-state index is 12.7. The van der Waals surface area contributed by atoms with Crippen LogP contribution in [0.3, 0.4) is 0 Å². The van der Waals surface area contributed by atoms with Gasteiger partial charge in [-0.05, 0) is 77.0 Å². The SMILES string of the molecule is CC/C=C/C/C=C/C/C=C/C/C=C/CCCCCCCCCCCC(=O)OCC(COCCC(C(=O)[O-])[N+](C)(C)C)OC(=O)CCCCCCC/C=C/C/C=C/CC. The predicted octanol–water partition coefficient (Wildman–Crippen LogP) is 11.4. The number of esters is 2. The van der Waals surface area contributed by atoms with E-state index in [0.29, 0.717) is 12.8 Å². The number of quaternary nitrogens is 1. The number of carbonyl (C=O) groups is 3. The van der Waals surface area contributed by atoms with Gasteiger partial charge in [-0.1, -0.05) is 151 Å². The van der Waals surface area contributed by atoms with Crippen molar-refractivity contribution in [3.05, 3.63) is 72.9 Å². The van der Waals surface area contributed by atoms with Crippen molar-refractivity contribution in [1.82, 2.24) is 0 Å². The summed E-state index contributed by atoms with van der Waals surface area (Å²) in [7, 11) is 5.39. The Morgan fingerprint density at radius 2 is 0.914 bits per heavy atom. The molecule has 8 heteroatoms. The van der Waals surface area contributed by atoms with Crippen LogP contribution in [0.5, 0.6) is 0 Å². The Morgan fingerprint density at radius 1 is 0.517 bits per heavy atom. The first-order chi connectivity index (χ1) is 28.1. The molecular weight excluding hydrogens is 727 g/mol. The third-order valence-electron chi connectivity index (χ3n) is 9.84. The van der Waals surface area contributed by atoms with Crippen LogP contribution in [0.4, 0.5) is 0 Å². The number of rotatable bonds is 40. The van der Waals surface area contributed by atoms with E-state index in [9.17, 15) is 19.5 Å². The van der Waals surface area contributed by atoms with Crippen LogP contribution in [-0.2, 0) is 28.6 Å². The van der Waals surface area contributed by atoms with Gasteiger partial charge in [0.15, 0.2) is 6.10 Å². The Kier molecular flexibility index (Phi) is 38.3. The average Bonchev–Trinajstić information content (AvgIpc) is 3.18. The topological polar surface area (TPSA) is 102 Å². The van der Waals surface area contributed by atoms with Crippen LogP contribution in [0.15, 0.2) is 72.9 Å². The van der Waals surface area contributed by atoms with E-state index >= 15 is 0 Å². The monoisotopic (exact) mass is 812 g/mol. The standard InChI is InChI=1S/C50H85NO7/c1-6-8-10-12-14-16-18-20-21-22-23-24-25-26-27-28-29-31-32-34-36-38-40-48(52)57-45-46(44-56-43-42-47(50(54)55)51(3,4)5)58-49(53)41-39-37-35-33-30-19-17-15-13-11-9-7-2/h8-11,14-17,20-21,23-24,46-47H,6-7,12-13,18-19,22,25-45H2,1-5H3/b10-8+,11-9+,16-14+,17-15+,21-20+,24-23+. The van der Waals surface area contributed by atoms with E-state index in [0.717, 1.165) is 103 Å². The third kappa shape index (κ3) is 38.3. The van der Waals surface area contributed by atoms with Crippen LogP contribution in [0.1, 0.15) is 174 Å². The van der Waals surface area contributed by atoms with Crippen LogP contribution in [0.25, 0.3) is 0 Å². The highest BCUT2D eigenvalue weighted by Gasteiger charge is 2.25. The quantitative estimate of drug-likeness (QED) is 0.0263. The van der Waals surface area contributed by atoms with Gasteiger partial charge in [-0.2, -0.15) is 0 Å². The molecule has 0 saturated carbocycles. The first-order valence-corrected chi connectivity index (χ1v) is 23.0. The minimum absolute atomic E-state index is 0.0299. The number of allylic oxidation sites excluding steroid dienone is 12. The average molecular weight is 812 g/mol. The summed E-state index contributed by atoms with van der Waals surface area (Å²) in [6, 6.07) is -0.732. The van der Waals surface area contributed by atoms with E-state index in [2.05, 4.69) is 86.8 Å². The molecule has 0 aromatic rings. The second kappa shape index (κ2) is 40.5. The molecular formula is C50H85NO7. The zero-order valence-corrected chi connectivity index (χ0v) is 37.7. The highest BCUT2D eigenvalue weighted by Crippen LogP contribution is 2.14. The third-order valence-corrected chi connectivity index (χ3v) is 9.84. The van der Waals surface area contributed by atoms with E-state index in [4.69, 9.17) is 14.2 Å². The van der Waals surface area contributed by atoms with Crippen LogP contribution >= 0.6 is 0 Å². The van der Waals surface area contributed by atoms with E-state index in [1.54, 1.807) is 21.1 Å². The number of hydrogen-bond acceptors (Lipinski definition) is 7. The Balaban J connectivity index is 4.27. The molecule has 0 amide bonds. The first-order valence-electron chi connectivity index (χ1n) is 23.0. The fraction of sp³-hybridized carbons (Fsp3) is 0.700. The molecule has 0 fully saturated rings. The summed E-state index contributed by atoms with van der Waals surface area (Å²) in [5, 5.41) is 11.6. The van der Waals surface area contributed by atoms with Crippen molar-refractivity contribution in [1.29, 1.82) is 0 Å². The minimum Gasteiger partial charge on any atom is -0.544 e. The van der Waals surface area contributed by atoms with Gasteiger partial charge in [0.2, 0.25) is 0 Å². The van der Waals surface area contributed by atoms with Gasteiger partial charge in [-0.3, -0.25) is 9.59 Å². The summed E-state index contributed by atoms with van der Waals surface area (Å²) in [5.74, 6) is -1.77. The van der Waals surface area contributed by atoms with Crippen molar-refractivity contribution in [3.63, 3.8) is 0 Å². The maximum Gasteiger partial charge on any atom is 0.306 e. The van der Waals surface area contributed by atoms with Gasteiger partial charge in [-0.15, -0.1) is 0 Å². The maximum absolute atomic E-state index is 12.7. The van der Waals surface area contributed by atoms with E-state index < -0.39 is 18.1 Å². The van der Waals surface area contributed by atoms with Gasteiger partial charge >= 0.3 is 11.9 Å². The number of carboxylic acid groups (broad SMARTS) is 1. The first kappa shape index (κ1) is 54.8. The van der Waals surface area contributed by atoms with Gasteiger partial charge in [0, 0.05) is 19.3 Å². The minimum atomic E-state index is -1.13. The summed E-state index contributed by atoms with van der Waals surface area (Å²) >= 11 is 0. The van der Waals surface area contributed by atoms with Crippen LogP contribution < -0.4 is 5.11 Å². The summed E-state index contributed by atoms with van der Waals surface area (Å²) < 4.78 is 17.1. The number of likely N-dealkylation sites (N-methyl/N-ethyl adjacent to an activating group) is 1. The molecule has 58 heavy (non-hydrogen) atoms. The largest absolute Gasteiger partial charge is 0.544 e. The Bertz CT molecular complexity index is 1180. The fourth-order valence-corrected chi connectivity index (χ4v) is 6.33. The molecule has 0 aliphatic heterocycles. The summed E-state index contributed by atoms with van der Waals surface area (Å²) in [6.45, 7) is 4.41. The van der Waals surface area contributed by atoms with Gasteiger partial charge < -0.3 is 28.6 Å². The van der Waals surface area contributed by atoms with Crippen molar-refractivity contribution >= 4 is 17.9 Å². The molecule has 0 aromatic heterocycles.